The van der Waals surface area contributed by atoms with Crippen molar-refractivity contribution < 1.29 is 0 Å². The Morgan fingerprint density at radius 2 is 2.25 bits per heavy atom. The van der Waals surface area contributed by atoms with E-state index >= 15 is 0 Å². The summed E-state index contributed by atoms with van der Waals surface area (Å²) < 4.78 is 0.876. The number of rotatable bonds is 5. The lowest BCUT2D eigenvalue weighted by Gasteiger charge is -2.11. The van der Waals surface area contributed by atoms with Crippen molar-refractivity contribution in [1.82, 2.24) is 5.32 Å². The zero-order chi connectivity index (χ0) is 11.4. The van der Waals surface area contributed by atoms with Gasteiger partial charge in [0, 0.05) is 22.3 Å². The van der Waals surface area contributed by atoms with Gasteiger partial charge in [-0.1, -0.05) is 17.7 Å². The van der Waals surface area contributed by atoms with Gasteiger partial charge in [-0.05, 0) is 36.9 Å². The molecular formula is C12H14ClNS2. The molecule has 0 radical (unpaired) electrons. The normalized spacial score (nSPS) is 12.9. The lowest BCUT2D eigenvalue weighted by molar-refractivity contribution is 0.586. The maximum Gasteiger partial charge on any atom is 0.0931 e. The molecule has 1 atom stereocenters. The molecular weight excluding hydrogens is 258 g/mol. The summed E-state index contributed by atoms with van der Waals surface area (Å²) in [6, 6.07) is 8.77. The van der Waals surface area contributed by atoms with E-state index in [0.29, 0.717) is 6.04 Å². The van der Waals surface area contributed by atoms with Crippen molar-refractivity contribution >= 4 is 34.3 Å². The fourth-order valence-corrected chi connectivity index (χ4v) is 3.38. The van der Waals surface area contributed by atoms with Crippen molar-refractivity contribution in [3.8, 4) is 0 Å². The molecule has 86 valence electrons. The molecule has 0 fully saturated rings. The van der Waals surface area contributed by atoms with Crippen molar-refractivity contribution in [3.63, 3.8) is 0 Å². The molecule has 2 rings (SSSR count). The molecule has 0 amide bonds. The second kappa shape index (κ2) is 5.82. The van der Waals surface area contributed by atoms with E-state index in [1.165, 1.54) is 9.75 Å². The summed E-state index contributed by atoms with van der Waals surface area (Å²) in [6.07, 6.45) is 1.05. The van der Waals surface area contributed by atoms with Gasteiger partial charge in [-0.15, -0.1) is 22.7 Å². The second-order valence-corrected chi connectivity index (χ2v) is 6.43. The molecule has 0 aromatic carbocycles. The Hall–Kier alpha value is -0.350. The molecule has 0 aliphatic heterocycles. The van der Waals surface area contributed by atoms with E-state index in [0.717, 1.165) is 17.3 Å². The third kappa shape index (κ3) is 3.32. The quantitative estimate of drug-likeness (QED) is 0.852. The van der Waals surface area contributed by atoms with Gasteiger partial charge in [-0.3, -0.25) is 0 Å². The van der Waals surface area contributed by atoms with Crippen molar-refractivity contribution in [2.24, 2.45) is 0 Å². The Labute approximate surface area is 109 Å². The van der Waals surface area contributed by atoms with Gasteiger partial charge in [0.1, 0.15) is 0 Å². The number of halogens is 1. The summed E-state index contributed by atoms with van der Waals surface area (Å²) in [5, 5.41) is 5.63. The standard InChI is InChI=1S/C12H14ClNS2/c1-9(11-3-2-8-15-11)14-7-6-10-4-5-12(13)16-10/h2-5,8-9,14H,6-7H2,1H3. The van der Waals surface area contributed by atoms with E-state index in [-0.39, 0.29) is 0 Å². The monoisotopic (exact) mass is 271 g/mol. The first-order chi connectivity index (χ1) is 7.75. The SMILES string of the molecule is CC(NCCc1ccc(Cl)s1)c1cccs1. The highest BCUT2D eigenvalue weighted by atomic mass is 35.5. The molecule has 2 aromatic rings. The molecule has 16 heavy (non-hydrogen) atoms. The molecule has 1 N–H and O–H groups in total. The first-order valence-corrected chi connectivity index (χ1v) is 7.34. The Balaban J connectivity index is 1.76. The summed E-state index contributed by atoms with van der Waals surface area (Å²) in [4.78, 5) is 2.74. The first kappa shape index (κ1) is 12.1. The second-order valence-electron chi connectivity index (χ2n) is 3.65. The van der Waals surface area contributed by atoms with E-state index in [4.69, 9.17) is 11.6 Å². The largest absolute Gasteiger partial charge is 0.309 e. The summed E-state index contributed by atoms with van der Waals surface area (Å²) in [5.41, 5.74) is 0. The van der Waals surface area contributed by atoms with Crippen LogP contribution in [-0.2, 0) is 6.42 Å². The van der Waals surface area contributed by atoms with Crippen LogP contribution in [0.1, 0.15) is 22.7 Å². The van der Waals surface area contributed by atoms with Crippen LogP contribution >= 0.6 is 34.3 Å². The van der Waals surface area contributed by atoms with Gasteiger partial charge in [0.2, 0.25) is 0 Å². The molecule has 2 aromatic heterocycles. The van der Waals surface area contributed by atoms with Crippen LogP contribution in [0.25, 0.3) is 0 Å². The molecule has 0 bridgehead atoms. The number of thiophene rings is 2. The van der Waals surface area contributed by atoms with Crippen LogP contribution in [0.3, 0.4) is 0 Å². The van der Waals surface area contributed by atoms with Gasteiger partial charge in [0.25, 0.3) is 0 Å². The van der Waals surface area contributed by atoms with Crippen LogP contribution in [0.2, 0.25) is 4.34 Å². The maximum atomic E-state index is 5.88. The number of hydrogen-bond donors (Lipinski definition) is 1. The van der Waals surface area contributed by atoms with Crippen LogP contribution < -0.4 is 5.32 Å². The summed E-state index contributed by atoms with van der Waals surface area (Å²) in [7, 11) is 0. The molecule has 0 saturated heterocycles. The highest BCUT2D eigenvalue weighted by molar-refractivity contribution is 7.16. The molecule has 4 heteroatoms. The van der Waals surface area contributed by atoms with Gasteiger partial charge in [0.15, 0.2) is 0 Å². The van der Waals surface area contributed by atoms with Gasteiger partial charge >= 0.3 is 0 Å². The molecule has 2 heterocycles. The molecule has 0 saturated carbocycles. The van der Waals surface area contributed by atoms with Crippen LogP contribution in [-0.4, -0.2) is 6.54 Å². The minimum absolute atomic E-state index is 0.440. The van der Waals surface area contributed by atoms with E-state index < -0.39 is 0 Å². The van der Waals surface area contributed by atoms with E-state index in [1.54, 1.807) is 22.7 Å². The highest BCUT2D eigenvalue weighted by Crippen LogP contribution is 2.22. The third-order valence-electron chi connectivity index (χ3n) is 2.42. The Morgan fingerprint density at radius 1 is 1.38 bits per heavy atom. The fourth-order valence-electron chi connectivity index (χ4n) is 1.54. The lowest BCUT2D eigenvalue weighted by atomic mass is 10.2. The van der Waals surface area contributed by atoms with Gasteiger partial charge in [-0.25, -0.2) is 0 Å². The molecule has 1 unspecified atom stereocenters. The Kier molecular flexibility index (Phi) is 4.41. The topological polar surface area (TPSA) is 12.0 Å². The molecule has 1 nitrogen and oxygen atoms in total. The minimum atomic E-state index is 0.440. The predicted molar refractivity (Wildman–Crippen MR) is 73.8 cm³/mol. The number of hydrogen-bond acceptors (Lipinski definition) is 3. The minimum Gasteiger partial charge on any atom is -0.309 e. The van der Waals surface area contributed by atoms with E-state index in [1.807, 2.05) is 6.07 Å². The van der Waals surface area contributed by atoms with Crippen molar-refractivity contribution in [2.45, 2.75) is 19.4 Å². The lowest BCUT2D eigenvalue weighted by Crippen LogP contribution is -2.20. The van der Waals surface area contributed by atoms with Crippen molar-refractivity contribution in [3.05, 3.63) is 43.7 Å². The molecule has 0 spiro atoms. The summed E-state index contributed by atoms with van der Waals surface area (Å²) in [5.74, 6) is 0. The zero-order valence-electron chi connectivity index (χ0n) is 9.07. The summed E-state index contributed by atoms with van der Waals surface area (Å²) in [6.45, 7) is 3.20. The number of nitrogens with one attached hydrogen (secondary N) is 1. The van der Waals surface area contributed by atoms with E-state index in [2.05, 4.69) is 35.8 Å². The van der Waals surface area contributed by atoms with Crippen LogP contribution in [0.5, 0.6) is 0 Å². The molecule has 0 aliphatic rings. The first-order valence-electron chi connectivity index (χ1n) is 5.26. The van der Waals surface area contributed by atoms with Gasteiger partial charge < -0.3 is 5.32 Å². The predicted octanol–water partition coefficient (Wildman–Crippen LogP) is 4.36. The van der Waals surface area contributed by atoms with Crippen molar-refractivity contribution in [1.29, 1.82) is 0 Å². The van der Waals surface area contributed by atoms with Crippen LogP contribution in [0, 0.1) is 0 Å². The van der Waals surface area contributed by atoms with E-state index in [9.17, 15) is 0 Å². The average Bonchev–Trinajstić information content (AvgIpc) is 2.89. The van der Waals surface area contributed by atoms with Crippen LogP contribution in [0.4, 0.5) is 0 Å². The Morgan fingerprint density at radius 3 is 2.88 bits per heavy atom. The third-order valence-corrected chi connectivity index (χ3v) is 4.77. The van der Waals surface area contributed by atoms with Gasteiger partial charge in [-0.2, -0.15) is 0 Å². The van der Waals surface area contributed by atoms with Gasteiger partial charge in [0.05, 0.1) is 4.34 Å². The maximum absolute atomic E-state index is 5.88. The smallest absolute Gasteiger partial charge is 0.0931 e. The highest BCUT2D eigenvalue weighted by Gasteiger charge is 2.05. The fraction of sp³-hybridized carbons (Fsp3) is 0.333. The Bertz CT molecular complexity index is 422. The average molecular weight is 272 g/mol. The van der Waals surface area contributed by atoms with Crippen LogP contribution in [0.15, 0.2) is 29.6 Å². The van der Waals surface area contributed by atoms with Crippen molar-refractivity contribution in [2.75, 3.05) is 6.54 Å². The molecule has 0 aliphatic carbocycles. The summed E-state index contributed by atoms with van der Waals surface area (Å²) >= 11 is 9.35. The zero-order valence-corrected chi connectivity index (χ0v) is 11.5.